The van der Waals surface area contributed by atoms with Crippen molar-refractivity contribution in [2.45, 2.75) is 33.5 Å². The van der Waals surface area contributed by atoms with Crippen molar-refractivity contribution in [2.24, 2.45) is 0 Å². The largest absolute Gasteiger partial charge is 0.497 e. The quantitative estimate of drug-likeness (QED) is 0.666. The van der Waals surface area contributed by atoms with Gasteiger partial charge in [0.2, 0.25) is 0 Å². The van der Waals surface area contributed by atoms with E-state index in [1.165, 1.54) is 16.8 Å². The Bertz CT molecular complexity index is 871. The molecule has 1 aromatic heterocycles. The third-order valence-electron chi connectivity index (χ3n) is 4.60. The normalized spacial score (nSPS) is 10.9. The number of hydrogen-bond acceptors (Lipinski definition) is 3. The second kappa shape index (κ2) is 8.39. The molecule has 0 aliphatic rings. The Morgan fingerprint density at radius 2 is 1.77 bits per heavy atom. The van der Waals surface area contributed by atoms with Crippen LogP contribution >= 0.6 is 11.6 Å². The first-order chi connectivity index (χ1) is 12.6. The molecule has 1 N–H and O–H groups in total. The summed E-state index contributed by atoms with van der Waals surface area (Å²) in [5.74, 6) is 0.876. The summed E-state index contributed by atoms with van der Waals surface area (Å²) in [5, 5.41) is 8.98. The monoisotopic (exact) mass is 369 g/mol. The van der Waals surface area contributed by atoms with E-state index in [1.54, 1.807) is 7.11 Å². The van der Waals surface area contributed by atoms with Gasteiger partial charge in [-0.2, -0.15) is 5.10 Å². The van der Waals surface area contributed by atoms with Crippen LogP contribution in [-0.4, -0.2) is 16.9 Å². The number of benzene rings is 2. The van der Waals surface area contributed by atoms with Crippen molar-refractivity contribution >= 4 is 11.6 Å². The number of nitrogens with zero attached hydrogens (tertiary/aromatic N) is 2. The van der Waals surface area contributed by atoms with E-state index in [0.29, 0.717) is 6.54 Å². The van der Waals surface area contributed by atoms with Gasteiger partial charge < -0.3 is 10.1 Å². The summed E-state index contributed by atoms with van der Waals surface area (Å²) in [6, 6.07) is 16.0. The zero-order valence-corrected chi connectivity index (χ0v) is 16.2. The van der Waals surface area contributed by atoms with Gasteiger partial charge >= 0.3 is 0 Å². The fourth-order valence-electron chi connectivity index (χ4n) is 3.01. The lowest BCUT2D eigenvalue weighted by Gasteiger charge is -2.09. The van der Waals surface area contributed by atoms with Gasteiger partial charge in [-0.05, 0) is 43.2 Å². The number of aromatic nitrogens is 2. The molecular formula is C21H24ClN3O. The molecule has 0 fully saturated rings. The number of aryl methyl sites for hydroxylation is 1. The summed E-state index contributed by atoms with van der Waals surface area (Å²) in [5.41, 5.74) is 5.77. The summed E-state index contributed by atoms with van der Waals surface area (Å²) in [6.45, 7) is 6.44. The van der Waals surface area contributed by atoms with E-state index in [0.717, 1.165) is 35.1 Å². The van der Waals surface area contributed by atoms with Crippen molar-refractivity contribution in [1.82, 2.24) is 15.1 Å². The van der Waals surface area contributed by atoms with Crippen LogP contribution in [-0.2, 0) is 19.6 Å². The van der Waals surface area contributed by atoms with Gasteiger partial charge in [0.25, 0.3) is 0 Å². The van der Waals surface area contributed by atoms with Gasteiger partial charge in [-0.25, -0.2) is 0 Å². The van der Waals surface area contributed by atoms with Gasteiger partial charge in [0, 0.05) is 29.4 Å². The lowest BCUT2D eigenvalue weighted by Crippen LogP contribution is -2.14. The smallest absolute Gasteiger partial charge is 0.118 e. The third-order valence-corrected chi connectivity index (χ3v) is 4.97. The molecule has 2 aromatic carbocycles. The SMILES string of the molecule is COc1ccc(CNCc2c(C)nn(Cc3ccccc3Cl)c2C)cc1. The van der Waals surface area contributed by atoms with Crippen LogP contribution in [0.5, 0.6) is 5.75 Å². The van der Waals surface area contributed by atoms with Gasteiger partial charge in [0.05, 0.1) is 19.3 Å². The Morgan fingerprint density at radius 1 is 1.04 bits per heavy atom. The van der Waals surface area contributed by atoms with Crippen molar-refractivity contribution in [2.75, 3.05) is 7.11 Å². The third kappa shape index (κ3) is 4.26. The minimum atomic E-state index is 0.685. The first-order valence-corrected chi connectivity index (χ1v) is 9.06. The van der Waals surface area contributed by atoms with Gasteiger partial charge in [-0.15, -0.1) is 0 Å². The predicted octanol–water partition coefficient (Wildman–Crippen LogP) is 4.50. The summed E-state index contributed by atoms with van der Waals surface area (Å²) in [6.07, 6.45) is 0. The summed E-state index contributed by atoms with van der Waals surface area (Å²) < 4.78 is 7.22. The zero-order valence-electron chi connectivity index (χ0n) is 15.4. The molecule has 0 aliphatic heterocycles. The molecule has 0 bridgehead atoms. The Balaban J connectivity index is 1.65. The molecular weight excluding hydrogens is 346 g/mol. The highest BCUT2D eigenvalue weighted by Crippen LogP contribution is 2.19. The highest BCUT2D eigenvalue weighted by atomic mass is 35.5. The van der Waals surface area contributed by atoms with Gasteiger partial charge in [0.1, 0.15) is 5.75 Å². The summed E-state index contributed by atoms with van der Waals surface area (Å²) >= 11 is 6.28. The van der Waals surface area contributed by atoms with Crippen LogP contribution in [0.2, 0.25) is 5.02 Å². The van der Waals surface area contributed by atoms with Crippen molar-refractivity contribution in [1.29, 1.82) is 0 Å². The second-order valence-corrected chi connectivity index (χ2v) is 6.76. The van der Waals surface area contributed by atoms with Crippen molar-refractivity contribution in [3.63, 3.8) is 0 Å². The fourth-order valence-corrected chi connectivity index (χ4v) is 3.20. The molecule has 0 saturated heterocycles. The van der Waals surface area contributed by atoms with Crippen molar-refractivity contribution < 1.29 is 4.74 Å². The molecule has 1 heterocycles. The van der Waals surface area contributed by atoms with E-state index < -0.39 is 0 Å². The maximum Gasteiger partial charge on any atom is 0.118 e. The van der Waals surface area contributed by atoms with Crippen LogP contribution in [0.4, 0.5) is 0 Å². The van der Waals surface area contributed by atoms with E-state index in [9.17, 15) is 0 Å². The molecule has 0 spiro atoms. The number of hydrogen-bond donors (Lipinski definition) is 1. The molecule has 0 atom stereocenters. The first-order valence-electron chi connectivity index (χ1n) is 8.68. The average molecular weight is 370 g/mol. The first kappa shape index (κ1) is 18.5. The van der Waals surface area contributed by atoms with Crippen molar-refractivity contribution in [3.05, 3.63) is 81.6 Å². The molecule has 26 heavy (non-hydrogen) atoms. The Hall–Kier alpha value is -2.30. The minimum absolute atomic E-state index is 0.685. The zero-order chi connectivity index (χ0) is 18.5. The molecule has 0 radical (unpaired) electrons. The maximum atomic E-state index is 6.28. The lowest BCUT2D eigenvalue weighted by atomic mass is 10.1. The van der Waals surface area contributed by atoms with Gasteiger partial charge in [0.15, 0.2) is 0 Å². The van der Waals surface area contributed by atoms with Crippen LogP contribution < -0.4 is 10.1 Å². The van der Waals surface area contributed by atoms with Gasteiger partial charge in [-0.3, -0.25) is 4.68 Å². The Labute approximate surface area is 159 Å². The highest BCUT2D eigenvalue weighted by Gasteiger charge is 2.12. The standard InChI is InChI=1S/C21H24ClN3O/c1-15-20(13-23-12-17-8-10-19(26-3)11-9-17)16(2)25(24-15)14-18-6-4-5-7-21(18)22/h4-11,23H,12-14H2,1-3H3. The average Bonchev–Trinajstić information content (AvgIpc) is 2.91. The summed E-state index contributed by atoms with van der Waals surface area (Å²) in [4.78, 5) is 0. The lowest BCUT2D eigenvalue weighted by molar-refractivity contribution is 0.414. The van der Waals surface area contributed by atoms with Crippen LogP contribution in [0.15, 0.2) is 48.5 Å². The number of ether oxygens (including phenoxy) is 1. The number of nitrogens with one attached hydrogen (secondary N) is 1. The van der Waals surface area contributed by atoms with Crippen molar-refractivity contribution in [3.8, 4) is 5.75 Å². The van der Waals surface area contributed by atoms with Crippen LogP contribution in [0.1, 0.15) is 28.1 Å². The molecule has 136 valence electrons. The van der Waals surface area contributed by atoms with Gasteiger partial charge in [-0.1, -0.05) is 41.9 Å². The topological polar surface area (TPSA) is 39.1 Å². The molecule has 0 saturated carbocycles. The van der Waals surface area contributed by atoms with E-state index in [2.05, 4.69) is 31.3 Å². The molecule has 4 nitrogen and oxygen atoms in total. The van der Waals surface area contributed by atoms with Crippen LogP contribution in [0, 0.1) is 13.8 Å². The molecule has 0 unspecified atom stereocenters. The Morgan fingerprint density at radius 3 is 2.46 bits per heavy atom. The molecule has 5 heteroatoms. The minimum Gasteiger partial charge on any atom is -0.497 e. The summed E-state index contributed by atoms with van der Waals surface area (Å²) in [7, 11) is 1.68. The number of methoxy groups -OCH3 is 1. The molecule has 0 amide bonds. The molecule has 3 rings (SSSR count). The number of rotatable bonds is 7. The van der Waals surface area contributed by atoms with Crippen LogP contribution in [0.25, 0.3) is 0 Å². The van der Waals surface area contributed by atoms with E-state index in [1.807, 2.05) is 41.1 Å². The maximum absolute atomic E-state index is 6.28. The van der Waals surface area contributed by atoms with Crippen LogP contribution in [0.3, 0.4) is 0 Å². The number of halogens is 1. The Kier molecular flexibility index (Phi) is 5.96. The molecule has 0 aliphatic carbocycles. The molecule has 3 aromatic rings. The predicted molar refractivity (Wildman–Crippen MR) is 106 cm³/mol. The second-order valence-electron chi connectivity index (χ2n) is 6.35. The van der Waals surface area contributed by atoms with E-state index in [-0.39, 0.29) is 0 Å². The fraction of sp³-hybridized carbons (Fsp3) is 0.286. The van der Waals surface area contributed by atoms with E-state index >= 15 is 0 Å². The van der Waals surface area contributed by atoms with E-state index in [4.69, 9.17) is 21.4 Å². The highest BCUT2D eigenvalue weighted by molar-refractivity contribution is 6.31.